The third-order valence-corrected chi connectivity index (χ3v) is 4.53. The fourth-order valence-electron chi connectivity index (χ4n) is 3.94. The molecule has 0 spiro atoms. The summed E-state index contributed by atoms with van der Waals surface area (Å²) in [6, 6.07) is 2.67. The van der Waals surface area contributed by atoms with Gasteiger partial charge < -0.3 is 10.6 Å². The summed E-state index contributed by atoms with van der Waals surface area (Å²) in [5.41, 5.74) is 0.485. The van der Waals surface area contributed by atoms with Crippen molar-refractivity contribution >= 4 is 0 Å². The number of hydrogen-bond donors (Lipinski definition) is 2. The molecule has 2 saturated carbocycles. The SMILES string of the molecule is CC(C)NC1CC2CC(NC(C)C)C1(C)C2. The fraction of sp³-hybridized carbons (Fsp3) is 1.00. The maximum Gasteiger partial charge on any atom is 0.0141 e. The molecule has 0 aromatic rings. The lowest BCUT2D eigenvalue weighted by molar-refractivity contribution is 0.161. The van der Waals surface area contributed by atoms with Gasteiger partial charge >= 0.3 is 0 Å². The summed E-state index contributed by atoms with van der Waals surface area (Å²) in [7, 11) is 0. The van der Waals surface area contributed by atoms with Crippen LogP contribution in [-0.4, -0.2) is 24.2 Å². The Hall–Kier alpha value is -0.0800. The molecule has 0 aromatic heterocycles. The van der Waals surface area contributed by atoms with E-state index in [9.17, 15) is 0 Å². The smallest absolute Gasteiger partial charge is 0.0141 e. The summed E-state index contributed by atoms with van der Waals surface area (Å²) in [6.07, 6.45) is 4.21. The zero-order chi connectivity index (χ0) is 11.9. The van der Waals surface area contributed by atoms with Gasteiger partial charge in [0.25, 0.3) is 0 Å². The first-order valence-corrected chi connectivity index (χ1v) is 6.94. The average Bonchev–Trinajstić information content (AvgIpc) is 2.55. The van der Waals surface area contributed by atoms with Crippen LogP contribution in [0.2, 0.25) is 0 Å². The van der Waals surface area contributed by atoms with Gasteiger partial charge in [-0.05, 0) is 30.6 Å². The molecule has 2 aliphatic rings. The van der Waals surface area contributed by atoms with E-state index in [1.165, 1.54) is 19.3 Å². The average molecular weight is 224 g/mol. The Morgan fingerprint density at radius 1 is 0.938 bits per heavy atom. The first-order chi connectivity index (χ1) is 7.41. The minimum absolute atomic E-state index is 0.485. The summed E-state index contributed by atoms with van der Waals surface area (Å²) < 4.78 is 0. The van der Waals surface area contributed by atoms with E-state index in [-0.39, 0.29) is 0 Å². The van der Waals surface area contributed by atoms with Crippen molar-refractivity contribution in [1.82, 2.24) is 10.6 Å². The molecule has 2 nitrogen and oxygen atoms in total. The summed E-state index contributed by atoms with van der Waals surface area (Å²) >= 11 is 0. The minimum atomic E-state index is 0.485. The Morgan fingerprint density at radius 2 is 1.38 bits per heavy atom. The van der Waals surface area contributed by atoms with Crippen LogP contribution >= 0.6 is 0 Å². The van der Waals surface area contributed by atoms with Crippen LogP contribution in [0.3, 0.4) is 0 Å². The van der Waals surface area contributed by atoms with Gasteiger partial charge in [0.1, 0.15) is 0 Å². The highest BCUT2D eigenvalue weighted by atomic mass is 15.0. The fourth-order valence-corrected chi connectivity index (χ4v) is 3.94. The van der Waals surface area contributed by atoms with Crippen molar-refractivity contribution in [2.45, 2.75) is 78.0 Å². The second-order valence-corrected chi connectivity index (χ2v) is 6.80. The van der Waals surface area contributed by atoms with Crippen molar-refractivity contribution < 1.29 is 0 Å². The molecule has 0 amide bonds. The highest BCUT2D eigenvalue weighted by Crippen LogP contribution is 2.54. The Balaban J connectivity index is 2.04. The predicted octanol–water partition coefficient (Wildman–Crippen LogP) is 2.54. The van der Waals surface area contributed by atoms with Crippen LogP contribution in [0.1, 0.15) is 53.9 Å². The molecular formula is C14H28N2. The lowest BCUT2D eigenvalue weighted by Crippen LogP contribution is -2.55. The van der Waals surface area contributed by atoms with Crippen LogP contribution in [0.5, 0.6) is 0 Å². The van der Waals surface area contributed by atoms with Crippen LogP contribution in [0, 0.1) is 11.3 Å². The summed E-state index contributed by atoms with van der Waals surface area (Å²) in [5.74, 6) is 0.956. The van der Waals surface area contributed by atoms with Crippen molar-refractivity contribution in [2.75, 3.05) is 0 Å². The maximum atomic E-state index is 3.78. The van der Waals surface area contributed by atoms with E-state index in [1.807, 2.05) is 0 Å². The van der Waals surface area contributed by atoms with Crippen molar-refractivity contribution in [2.24, 2.45) is 11.3 Å². The van der Waals surface area contributed by atoms with Crippen molar-refractivity contribution in [1.29, 1.82) is 0 Å². The van der Waals surface area contributed by atoms with Gasteiger partial charge in [-0.25, -0.2) is 0 Å². The Morgan fingerprint density at radius 3 is 1.69 bits per heavy atom. The molecule has 2 atom stereocenters. The first kappa shape index (κ1) is 12.4. The second kappa shape index (κ2) is 4.30. The number of fused-ring (bicyclic) bond motifs is 2. The molecule has 2 unspecified atom stereocenters. The van der Waals surface area contributed by atoms with E-state index in [1.54, 1.807) is 0 Å². The van der Waals surface area contributed by atoms with Gasteiger partial charge in [-0.2, -0.15) is 0 Å². The van der Waals surface area contributed by atoms with Crippen molar-refractivity contribution in [3.63, 3.8) is 0 Å². The van der Waals surface area contributed by atoms with Crippen LogP contribution < -0.4 is 10.6 Å². The van der Waals surface area contributed by atoms with Gasteiger partial charge in [0.05, 0.1) is 0 Å². The van der Waals surface area contributed by atoms with Crippen molar-refractivity contribution in [3.05, 3.63) is 0 Å². The molecule has 0 saturated heterocycles. The Kier molecular flexibility index (Phi) is 3.33. The molecule has 16 heavy (non-hydrogen) atoms. The van der Waals surface area contributed by atoms with Gasteiger partial charge in [-0.1, -0.05) is 34.6 Å². The number of nitrogens with one attached hydrogen (secondary N) is 2. The molecular weight excluding hydrogens is 196 g/mol. The van der Waals surface area contributed by atoms with Gasteiger partial charge in [-0.3, -0.25) is 0 Å². The topological polar surface area (TPSA) is 24.1 Å². The van der Waals surface area contributed by atoms with E-state index >= 15 is 0 Å². The standard InChI is InChI=1S/C14H28N2/c1-9(2)15-12-6-11-7-13(16-10(3)4)14(12,5)8-11/h9-13,15-16H,6-8H2,1-5H3. The predicted molar refractivity (Wildman–Crippen MR) is 69.6 cm³/mol. The monoisotopic (exact) mass is 224 g/mol. The first-order valence-electron chi connectivity index (χ1n) is 6.94. The molecule has 2 aliphatic carbocycles. The van der Waals surface area contributed by atoms with E-state index in [2.05, 4.69) is 45.3 Å². The summed E-state index contributed by atoms with van der Waals surface area (Å²) in [4.78, 5) is 0. The van der Waals surface area contributed by atoms with Crippen molar-refractivity contribution in [3.8, 4) is 0 Å². The number of hydrogen-bond acceptors (Lipinski definition) is 2. The van der Waals surface area contributed by atoms with E-state index in [4.69, 9.17) is 0 Å². The number of rotatable bonds is 4. The molecule has 0 aromatic carbocycles. The highest BCUT2D eigenvalue weighted by Gasteiger charge is 2.54. The third-order valence-electron chi connectivity index (χ3n) is 4.53. The lowest BCUT2D eigenvalue weighted by atomic mass is 9.77. The Bertz CT molecular complexity index is 227. The molecule has 2 N–H and O–H groups in total. The van der Waals surface area contributed by atoms with Crippen LogP contribution in [0.15, 0.2) is 0 Å². The van der Waals surface area contributed by atoms with E-state index in [0.29, 0.717) is 17.5 Å². The molecule has 2 rings (SSSR count). The molecule has 0 radical (unpaired) electrons. The van der Waals surface area contributed by atoms with Gasteiger partial charge in [0.15, 0.2) is 0 Å². The molecule has 2 fully saturated rings. The van der Waals surface area contributed by atoms with Gasteiger partial charge in [0, 0.05) is 24.2 Å². The zero-order valence-electron chi connectivity index (χ0n) is 11.5. The van der Waals surface area contributed by atoms with Gasteiger partial charge in [-0.15, -0.1) is 0 Å². The molecule has 94 valence electrons. The quantitative estimate of drug-likeness (QED) is 0.767. The summed E-state index contributed by atoms with van der Waals surface area (Å²) in [5, 5.41) is 7.55. The minimum Gasteiger partial charge on any atom is -0.311 e. The lowest BCUT2D eigenvalue weighted by Gasteiger charge is -2.41. The summed E-state index contributed by atoms with van der Waals surface area (Å²) in [6.45, 7) is 11.5. The molecule has 2 bridgehead atoms. The van der Waals surface area contributed by atoms with E-state index in [0.717, 1.165) is 18.0 Å². The second-order valence-electron chi connectivity index (χ2n) is 6.80. The highest BCUT2D eigenvalue weighted by molar-refractivity contribution is 5.10. The van der Waals surface area contributed by atoms with Crippen LogP contribution in [0.25, 0.3) is 0 Å². The maximum absolute atomic E-state index is 3.78. The zero-order valence-corrected chi connectivity index (χ0v) is 11.5. The third kappa shape index (κ3) is 2.14. The van der Waals surface area contributed by atoms with Crippen LogP contribution in [-0.2, 0) is 0 Å². The molecule has 0 heterocycles. The Labute approximate surface area is 101 Å². The van der Waals surface area contributed by atoms with Gasteiger partial charge in [0.2, 0.25) is 0 Å². The van der Waals surface area contributed by atoms with Crippen LogP contribution in [0.4, 0.5) is 0 Å². The molecule has 0 aliphatic heterocycles. The van der Waals surface area contributed by atoms with E-state index < -0.39 is 0 Å². The normalized spacial score (nSPS) is 42.6. The largest absolute Gasteiger partial charge is 0.311 e. The molecule has 2 heteroatoms.